The number of aromatic amines is 1. The van der Waals surface area contributed by atoms with Crippen LogP contribution in [0.2, 0.25) is 0 Å². The fourth-order valence-corrected chi connectivity index (χ4v) is 4.31. The summed E-state index contributed by atoms with van der Waals surface area (Å²) in [6.45, 7) is 1.38. The van der Waals surface area contributed by atoms with Crippen LogP contribution in [0, 0.1) is 0 Å². The molecule has 5 rings (SSSR count). The molecule has 3 aromatic rings. The van der Waals surface area contributed by atoms with Crippen LogP contribution in [0.1, 0.15) is 28.8 Å². The van der Waals surface area contributed by atoms with Gasteiger partial charge in [-0.05, 0) is 29.8 Å². The Labute approximate surface area is 169 Å². The number of amidine groups is 1. The van der Waals surface area contributed by atoms with Gasteiger partial charge in [0.05, 0.1) is 35.1 Å². The normalized spacial score (nSPS) is 20.9. The quantitative estimate of drug-likeness (QED) is 0.674. The van der Waals surface area contributed by atoms with E-state index in [1.54, 1.807) is 12.1 Å². The van der Waals surface area contributed by atoms with E-state index < -0.39 is 11.7 Å². The van der Waals surface area contributed by atoms with Crippen molar-refractivity contribution in [1.29, 1.82) is 0 Å². The Morgan fingerprint density at radius 2 is 1.90 bits per heavy atom. The van der Waals surface area contributed by atoms with E-state index >= 15 is 0 Å². The molecule has 9 heteroatoms. The maximum atomic E-state index is 13.0. The fraction of sp³-hybridized carbons (Fsp3) is 0.286. The van der Waals surface area contributed by atoms with Crippen molar-refractivity contribution in [1.82, 2.24) is 15.1 Å². The Kier molecular flexibility index (Phi) is 4.09. The molecule has 0 fully saturated rings. The molecule has 3 heterocycles. The van der Waals surface area contributed by atoms with E-state index in [9.17, 15) is 18.0 Å². The van der Waals surface area contributed by atoms with Crippen molar-refractivity contribution in [2.24, 2.45) is 4.99 Å². The van der Waals surface area contributed by atoms with Gasteiger partial charge in [-0.3, -0.25) is 9.79 Å². The van der Waals surface area contributed by atoms with Crippen molar-refractivity contribution >= 4 is 22.3 Å². The third kappa shape index (κ3) is 2.84. The first-order valence-electron chi connectivity index (χ1n) is 9.55. The Balaban J connectivity index is 1.69. The van der Waals surface area contributed by atoms with Gasteiger partial charge in [-0.15, -0.1) is 0 Å². The fourth-order valence-electron chi connectivity index (χ4n) is 4.31. The highest BCUT2D eigenvalue weighted by atomic mass is 19.4. The molecule has 2 aliphatic heterocycles. The molecule has 2 N–H and O–H groups in total. The summed E-state index contributed by atoms with van der Waals surface area (Å²) in [5, 5.41) is 11.6. The van der Waals surface area contributed by atoms with Gasteiger partial charge in [-0.1, -0.05) is 18.2 Å². The topological polar surface area (TPSA) is 73.4 Å². The van der Waals surface area contributed by atoms with E-state index in [0.29, 0.717) is 23.2 Å². The molecule has 0 amide bonds. The second-order valence-electron chi connectivity index (χ2n) is 7.55. The average Bonchev–Trinajstić information content (AvgIpc) is 3.15. The minimum absolute atomic E-state index is 0.286. The summed E-state index contributed by atoms with van der Waals surface area (Å²) >= 11 is 0. The molecule has 0 spiro atoms. The first kappa shape index (κ1) is 18.7. The number of hydrogen-bond donors (Lipinski definition) is 2. The van der Waals surface area contributed by atoms with Crippen LogP contribution in [-0.2, 0) is 6.18 Å². The van der Waals surface area contributed by atoms with Gasteiger partial charge in [0.15, 0.2) is 0 Å². The Morgan fingerprint density at radius 3 is 2.57 bits per heavy atom. The first-order chi connectivity index (χ1) is 14.3. The second-order valence-corrected chi connectivity index (χ2v) is 7.55. The smallest absolute Gasteiger partial charge is 0.377 e. The number of benzene rings is 2. The maximum absolute atomic E-state index is 13.0. The van der Waals surface area contributed by atoms with Crippen LogP contribution in [0.15, 0.2) is 52.3 Å². The van der Waals surface area contributed by atoms with Crippen LogP contribution in [0.25, 0.3) is 10.8 Å². The monoisotopic (exact) mass is 413 g/mol. The molecule has 0 aliphatic carbocycles. The van der Waals surface area contributed by atoms with Crippen molar-refractivity contribution in [3.05, 3.63) is 69.6 Å². The number of aliphatic imine (C=N–C) groups is 1. The summed E-state index contributed by atoms with van der Waals surface area (Å²) in [5.41, 5.74) is 1.09. The lowest BCUT2D eigenvalue weighted by Gasteiger charge is -2.36. The van der Waals surface area contributed by atoms with Gasteiger partial charge >= 0.3 is 6.18 Å². The predicted octanol–water partition coefficient (Wildman–Crippen LogP) is 3.54. The van der Waals surface area contributed by atoms with Crippen LogP contribution >= 0.6 is 0 Å². The van der Waals surface area contributed by atoms with E-state index in [4.69, 9.17) is 0 Å². The Hall–Kier alpha value is -3.36. The van der Waals surface area contributed by atoms with Gasteiger partial charge in [0.1, 0.15) is 5.84 Å². The van der Waals surface area contributed by atoms with Gasteiger partial charge in [0.25, 0.3) is 5.56 Å². The van der Waals surface area contributed by atoms with Gasteiger partial charge in [0, 0.05) is 24.7 Å². The number of rotatable bonds is 2. The molecule has 0 unspecified atom stereocenters. The summed E-state index contributed by atoms with van der Waals surface area (Å²) in [6, 6.07) is 10.1. The molecule has 154 valence electrons. The average molecular weight is 413 g/mol. The zero-order valence-corrected chi connectivity index (χ0v) is 16.0. The van der Waals surface area contributed by atoms with Crippen molar-refractivity contribution in [3.63, 3.8) is 0 Å². The molecule has 0 saturated heterocycles. The molecule has 2 aromatic carbocycles. The number of likely N-dealkylation sites (N-methyl/N-ethyl adjacent to an activating group) is 1. The summed E-state index contributed by atoms with van der Waals surface area (Å²) in [7, 11) is 1.93. The third-order valence-electron chi connectivity index (χ3n) is 5.76. The highest BCUT2D eigenvalue weighted by molar-refractivity contribution is 6.02. The van der Waals surface area contributed by atoms with Crippen LogP contribution in [0.5, 0.6) is 0 Å². The molecule has 0 radical (unpaired) electrons. The van der Waals surface area contributed by atoms with Crippen LogP contribution in [0.3, 0.4) is 0 Å². The molecule has 0 saturated carbocycles. The zero-order valence-electron chi connectivity index (χ0n) is 16.0. The van der Waals surface area contributed by atoms with Gasteiger partial charge in [-0.2, -0.15) is 18.3 Å². The van der Waals surface area contributed by atoms with E-state index in [-0.39, 0.29) is 17.5 Å². The van der Waals surface area contributed by atoms with Gasteiger partial charge < -0.3 is 10.2 Å². The maximum Gasteiger partial charge on any atom is 0.416 e. The minimum atomic E-state index is -4.40. The number of hydrogen-bond acceptors (Lipinski definition) is 5. The standard InChI is InChI=1S/C21H18F3N5O/c1-29-10-9-25-19(29)16-17(11-5-7-12(8-6-11)21(22,23)24)26-14-4-2-3-13-15(14)18(16)27-28-20(13)30/h2-8,16-17,26H,9-10H2,1H3,(H,28,30)/t16-,17+/m0/s1. The van der Waals surface area contributed by atoms with E-state index in [2.05, 4.69) is 20.5 Å². The number of nitrogens with one attached hydrogen (secondary N) is 2. The Bertz CT molecular complexity index is 1220. The van der Waals surface area contributed by atoms with Crippen LogP contribution in [-0.4, -0.2) is 41.1 Å². The zero-order chi connectivity index (χ0) is 21.0. The molecular formula is C21H18F3N5O. The lowest BCUT2D eigenvalue weighted by Crippen LogP contribution is -2.37. The van der Waals surface area contributed by atoms with E-state index in [1.165, 1.54) is 12.1 Å². The molecule has 1 aromatic heterocycles. The lowest BCUT2D eigenvalue weighted by molar-refractivity contribution is -0.137. The molecule has 0 bridgehead atoms. The lowest BCUT2D eigenvalue weighted by atomic mass is 9.83. The van der Waals surface area contributed by atoms with Gasteiger partial charge in [-0.25, -0.2) is 5.10 Å². The second kappa shape index (κ2) is 6.58. The molecule has 30 heavy (non-hydrogen) atoms. The number of H-pyrrole nitrogens is 1. The number of anilines is 1. The third-order valence-corrected chi connectivity index (χ3v) is 5.76. The summed E-state index contributed by atoms with van der Waals surface area (Å²) in [5.74, 6) is 0.436. The summed E-state index contributed by atoms with van der Waals surface area (Å²) in [6.07, 6.45) is -4.40. The van der Waals surface area contributed by atoms with Crippen molar-refractivity contribution in [2.45, 2.75) is 18.1 Å². The van der Waals surface area contributed by atoms with Crippen LogP contribution < -0.4 is 10.9 Å². The molecule has 6 nitrogen and oxygen atoms in total. The first-order valence-corrected chi connectivity index (χ1v) is 9.55. The summed E-state index contributed by atoms with van der Waals surface area (Å²) < 4.78 is 39.1. The number of aromatic nitrogens is 2. The highest BCUT2D eigenvalue weighted by Crippen LogP contribution is 2.45. The van der Waals surface area contributed by atoms with E-state index in [0.717, 1.165) is 35.6 Å². The number of nitrogens with zero attached hydrogens (tertiary/aromatic N) is 3. The van der Waals surface area contributed by atoms with Crippen molar-refractivity contribution in [3.8, 4) is 0 Å². The molecule has 2 aliphatic rings. The minimum Gasteiger partial charge on any atom is -0.377 e. The Morgan fingerprint density at radius 1 is 1.13 bits per heavy atom. The van der Waals surface area contributed by atoms with Crippen molar-refractivity contribution < 1.29 is 13.2 Å². The predicted molar refractivity (Wildman–Crippen MR) is 108 cm³/mol. The van der Waals surface area contributed by atoms with Gasteiger partial charge in [0.2, 0.25) is 0 Å². The van der Waals surface area contributed by atoms with Crippen LogP contribution in [0.4, 0.5) is 18.9 Å². The van der Waals surface area contributed by atoms with Crippen molar-refractivity contribution in [2.75, 3.05) is 25.5 Å². The summed E-state index contributed by atoms with van der Waals surface area (Å²) in [4.78, 5) is 19.0. The SMILES string of the molecule is CN1CCN=C1[C@@H]1c2n[nH]c(=O)c3cccc(c23)N[C@@H]1c1ccc(C(F)(F)F)cc1. The van der Waals surface area contributed by atoms with E-state index in [1.807, 2.05) is 18.0 Å². The molecule has 2 atom stereocenters. The number of halogens is 3. The number of alkyl halides is 3. The highest BCUT2D eigenvalue weighted by Gasteiger charge is 2.40. The largest absolute Gasteiger partial charge is 0.416 e. The molecular weight excluding hydrogens is 395 g/mol.